The molecule has 0 radical (unpaired) electrons. The first-order valence-electron chi connectivity index (χ1n) is 11.0. The maximum absolute atomic E-state index is 13.0. The average molecular weight is 407 g/mol. The number of nitrogens with zero attached hydrogens (tertiary/aromatic N) is 4. The maximum Gasteiger partial charge on any atom is 0.267 e. The van der Waals surface area contributed by atoms with Crippen LogP contribution in [0.5, 0.6) is 5.75 Å². The van der Waals surface area contributed by atoms with Gasteiger partial charge in [0.05, 0.1) is 17.7 Å². The molecule has 3 aromatic rings. The van der Waals surface area contributed by atoms with E-state index < -0.39 is 0 Å². The molecule has 0 amide bonds. The number of benzene rings is 1. The van der Waals surface area contributed by atoms with Gasteiger partial charge in [0, 0.05) is 25.7 Å². The molecule has 0 bridgehead atoms. The highest BCUT2D eigenvalue weighted by molar-refractivity contribution is 5.73. The number of piperidine rings is 1. The molecule has 30 heavy (non-hydrogen) atoms. The van der Waals surface area contributed by atoms with Crippen LogP contribution in [0, 0.1) is 5.92 Å². The second-order valence-electron chi connectivity index (χ2n) is 8.14. The van der Waals surface area contributed by atoms with Gasteiger partial charge in [-0.25, -0.2) is 9.97 Å². The lowest BCUT2D eigenvalue weighted by Gasteiger charge is -2.30. The fraction of sp³-hybridized carbons (Fsp3) is 0.458. The first-order valence-corrected chi connectivity index (χ1v) is 11.0. The van der Waals surface area contributed by atoms with Gasteiger partial charge >= 0.3 is 0 Å². The van der Waals surface area contributed by atoms with Crippen molar-refractivity contribution >= 4 is 11.0 Å². The lowest BCUT2D eigenvalue weighted by molar-refractivity contribution is 0.170. The Hall–Kier alpha value is -2.73. The molecule has 6 heteroatoms. The second kappa shape index (κ2) is 9.39. The normalized spacial score (nSPS) is 17.3. The highest BCUT2D eigenvalue weighted by atomic mass is 16.5. The van der Waals surface area contributed by atoms with Crippen molar-refractivity contribution in [2.24, 2.45) is 5.92 Å². The van der Waals surface area contributed by atoms with Crippen LogP contribution in [0.25, 0.3) is 16.7 Å². The summed E-state index contributed by atoms with van der Waals surface area (Å²) in [6, 6.07) is 11.2. The van der Waals surface area contributed by atoms with E-state index in [9.17, 15) is 4.79 Å². The van der Waals surface area contributed by atoms with Crippen LogP contribution in [0.3, 0.4) is 0 Å². The van der Waals surface area contributed by atoms with Gasteiger partial charge in [-0.1, -0.05) is 13.8 Å². The zero-order valence-electron chi connectivity index (χ0n) is 17.9. The largest absolute Gasteiger partial charge is 0.494 e. The van der Waals surface area contributed by atoms with E-state index in [1.807, 2.05) is 31.2 Å². The van der Waals surface area contributed by atoms with Gasteiger partial charge in [0.25, 0.3) is 5.56 Å². The molecular weight excluding hydrogens is 376 g/mol. The van der Waals surface area contributed by atoms with Crippen LogP contribution in [0.2, 0.25) is 0 Å². The SMILES string of the molecule is CCc1nc2ncccc2c(=O)n1-c1ccc(OCCCN2CCC[C@H](C)C2)cc1. The number of likely N-dealkylation sites (tertiary alicyclic amines) is 1. The number of hydrogen-bond acceptors (Lipinski definition) is 5. The van der Waals surface area contributed by atoms with Crippen molar-refractivity contribution < 1.29 is 4.74 Å². The number of fused-ring (bicyclic) bond motifs is 1. The van der Waals surface area contributed by atoms with Gasteiger partial charge in [0.15, 0.2) is 5.65 Å². The Kier molecular flexibility index (Phi) is 6.43. The summed E-state index contributed by atoms with van der Waals surface area (Å²) in [5, 5.41) is 0.530. The van der Waals surface area contributed by atoms with Crippen LogP contribution in [0.4, 0.5) is 0 Å². The molecule has 1 aromatic carbocycles. The fourth-order valence-electron chi connectivity index (χ4n) is 4.23. The van der Waals surface area contributed by atoms with Crippen LogP contribution >= 0.6 is 0 Å². The van der Waals surface area contributed by atoms with Gasteiger partial charge in [-0.05, 0) is 68.1 Å². The summed E-state index contributed by atoms with van der Waals surface area (Å²) in [5.74, 6) is 2.34. The van der Waals surface area contributed by atoms with Gasteiger partial charge in [0.1, 0.15) is 11.6 Å². The summed E-state index contributed by atoms with van der Waals surface area (Å²) in [5.41, 5.74) is 1.21. The Labute approximate surface area is 177 Å². The Morgan fingerprint density at radius 2 is 2.03 bits per heavy atom. The number of aryl methyl sites for hydroxylation is 1. The molecule has 0 unspecified atom stereocenters. The van der Waals surface area contributed by atoms with Gasteiger partial charge in [-0.3, -0.25) is 9.36 Å². The first kappa shape index (κ1) is 20.5. The number of ether oxygens (including phenoxy) is 1. The van der Waals surface area contributed by atoms with E-state index in [2.05, 4.69) is 21.8 Å². The molecule has 0 aliphatic carbocycles. The lowest BCUT2D eigenvalue weighted by Crippen LogP contribution is -2.35. The molecule has 1 aliphatic rings. The average Bonchev–Trinajstić information content (AvgIpc) is 2.77. The molecule has 0 spiro atoms. The van der Waals surface area contributed by atoms with E-state index in [0.29, 0.717) is 29.9 Å². The van der Waals surface area contributed by atoms with Crippen molar-refractivity contribution in [2.75, 3.05) is 26.2 Å². The fourth-order valence-corrected chi connectivity index (χ4v) is 4.23. The zero-order valence-corrected chi connectivity index (χ0v) is 17.9. The third kappa shape index (κ3) is 4.54. The van der Waals surface area contributed by atoms with Crippen LogP contribution in [-0.2, 0) is 6.42 Å². The predicted molar refractivity (Wildman–Crippen MR) is 119 cm³/mol. The number of hydrogen-bond donors (Lipinski definition) is 0. The zero-order chi connectivity index (χ0) is 20.9. The number of rotatable bonds is 7. The highest BCUT2D eigenvalue weighted by Gasteiger charge is 2.15. The Balaban J connectivity index is 1.42. The predicted octanol–water partition coefficient (Wildman–Crippen LogP) is 3.84. The third-order valence-electron chi connectivity index (χ3n) is 5.75. The number of pyridine rings is 1. The molecular formula is C24H30N4O2. The molecule has 0 N–H and O–H groups in total. The quantitative estimate of drug-likeness (QED) is 0.558. The van der Waals surface area contributed by atoms with Gasteiger partial charge < -0.3 is 9.64 Å². The molecule has 2 aromatic heterocycles. The maximum atomic E-state index is 13.0. The van der Waals surface area contributed by atoms with Crippen molar-refractivity contribution in [2.45, 2.75) is 39.5 Å². The van der Waals surface area contributed by atoms with E-state index in [-0.39, 0.29) is 5.56 Å². The molecule has 0 saturated carbocycles. The minimum absolute atomic E-state index is 0.0885. The summed E-state index contributed by atoms with van der Waals surface area (Å²) in [6.45, 7) is 8.54. The van der Waals surface area contributed by atoms with Gasteiger partial charge in [-0.15, -0.1) is 0 Å². The van der Waals surface area contributed by atoms with E-state index in [1.54, 1.807) is 22.9 Å². The summed E-state index contributed by atoms with van der Waals surface area (Å²) in [4.78, 5) is 24.4. The molecule has 1 aliphatic heterocycles. The monoisotopic (exact) mass is 406 g/mol. The Morgan fingerprint density at radius 3 is 2.80 bits per heavy atom. The van der Waals surface area contributed by atoms with Crippen molar-refractivity contribution in [1.82, 2.24) is 19.4 Å². The third-order valence-corrected chi connectivity index (χ3v) is 5.75. The molecule has 158 valence electrons. The van der Waals surface area contributed by atoms with E-state index in [1.165, 1.54) is 25.9 Å². The number of aromatic nitrogens is 3. The van der Waals surface area contributed by atoms with Gasteiger partial charge in [0.2, 0.25) is 0 Å². The molecule has 1 fully saturated rings. The van der Waals surface area contributed by atoms with Crippen LogP contribution < -0.4 is 10.3 Å². The van der Waals surface area contributed by atoms with Crippen molar-refractivity contribution in [3.05, 3.63) is 58.8 Å². The molecule has 3 heterocycles. The molecule has 6 nitrogen and oxygen atoms in total. The van der Waals surface area contributed by atoms with E-state index in [0.717, 1.165) is 30.3 Å². The smallest absolute Gasteiger partial charge is 0.267 e. The molecule has 1 atom stereocenters. The summed E-state index contributed by atoms with van der Waals surface area (Å²) >= 11 is 0. The van der Waals surface area contributed by atoms with E-state index >= 15 is 0 Å². The summed E-state index contributed by atoms with van der Waals surface area (Å²) < 4.78 is 7.60. The highest BCUT2D eigenvalue weighted by Crippen LogP contribution is 2.18. The summed E-state index contributed by atoms with van der Waals surface area (Å²) in [7, 11) is 0. The van der Waals surface area contributed by atoms with Crippen molar-refractivity contribution in [1.29, 1.82) is 0 Å². The standard InChI is InChI=1S/C24H30N4O2/c1-3-22-26-23-21(8-4-13-25-23)24(29)28(22)19-9-11-20(12-10-19)30-16-6-15-27-14-5-7-18(2)17-27/h4,8-13,18H,3,5-7,14-17H2,1-2H3/t18-/m0/s1. The van der Waals surface area contributed by atoms with Crippen molar-refractivity contribution in [3.8, 4) is 11.4 Å². The van der Waals surface area contributed by atoms with Gasteiger partial charge in [-0.2, -0.15) is 0 Å². The first-order chi connectivity index (χ1) is 14.7. The van der Waals surface area contributed by atoms with Crippen LogP contribution in [0.1, 0.15) is 38.9 Å². The molecule has 1 saturated heterocycles. The summed E-state index contributed by atoms with van der Waals surface area (Å²) in [6.07, 6.45) is 5.99. The minimum atomic E-state index is -0.0885. The minimum Gasteiger partial charge on any atom is -0.494 e. The Morgan fingerprint density at radius 1 is 1.20 bits per heavy atom. The Bertz CT molecular complexity index is 1050. The van der Waals surface area contributed by atoms with Crippen LogP contribution in [-0.4, -0.2) is 45.7 Å². The van der Waals surface area contributed by atoms with Crippen molar-refractivity contribution in [3.63, 3.8) is 0 Å². The second-order valence-corrected chi connectivity index (χ2v) is 8.14. The van der Waals surface area contributed by atoms with Crippen LogP contribution in [0.15, 0.2) is 47.4 Å². The lowest BCUT2D eigenvalue weighted by atomic mass is 10.0. The topological polar surface area (TPSA) is 60.3 Å². The molecule has 4 rings (SSSR count). The van der Waals surface area contributed by atoms with E-state index in [4.69, 9.17) is 4.74 Å².